The highest BCUT2D eigenvalue weighted by Crippen LogP contribution is 2.20. The van der Waals surface area contributed by atoms with E-state index >= 15 is 0 Å². The van der Waals surface area contributed by atoms with E-state index in [0.29, 0.717) is 27.9 Å². The summed E-state index contributed by atoms with van der Waals surface area (Å²) < 4.78 is 6.43. The number of hydrogen-bond acceptors (Lipinski definition) is 6. The second-order valence-electron chi connectivity index (χ2n) is 6.19. The molecule has 27 heavy (non-hydrogen) atoms. The summed E-state index contributed by atoms with van der Waals surface area (Å²) >= 11 is 1.36. The molecule has 142 valence electrons. The van der Waals surface area contributed by atoms with Crippen LogP contribution < -0.4 is 11.2 Å². The van der Waals surface area contributed by atoms with Crippen LogP contribution in [-0.2, 0) is 17.7 Å². The Morgan fingerprint density at radius 3 is 2.85 bits per heavy atom. The van der Waals surface area contributed by atoms with Crippen LogP contribution in [0.4, 0.5) is 0 Å². The van der Waals surface area contributed by atoms with Gasteiger partial charge >= 0.3 is 11.7 Å². The van der Waals surface area contributed by atoms with Crippen molar-refractivity contribution >= 4 is 28.2 Å². The highest BCUT2D eigenvalue weighted by Gasteiger charge is 2.16. The van der Waals surface area contributed by atoms with Gasteiger partial charge < -0.3 is 9.72 Å². The summed E-state index contributed by atoms with van der Waals surface area (Å²) in [5.41, 5.74) is 0.380. The number of carbonyl (C=O) groups is 1. The Morgan fingerprint density at radius 1 is 1.30 bits per heavy atom. The van der Waals surface area contributed by atoms with Crippen LogP contribution in [0.2, 0.25) is 0 Å². The van der Waals surface area contributed by atoms with Gasteiger partial charge in [0.05, 0.1) is 28.2 Å². The number of hydrogen-bond donors (Lipinski definition) is 1. The van der Waals surface area contributed by atoms with E-state index in [4.69, 9.17) is 4.74 Å². The first-order valence-electron chi connectivity index (χ1n) is 8.86. The molecule has 1 aromatic carbocycles. The predicted molar refractivity (Wildman–Crippen MR) is 105 cm³/mol. The van der Waals surface area contributed by atoms with Crippen molar-refractivity contribution in [3.8, 4) is 0 Å². The average Bonchev–Trinajstić information content (AvgIpc) is 3.01. The van der Waals surface area contributed by atoms with Crippen molar-refractivity contribution in [2.45, 2.75) is 39.7 Å². The predicted octanol–water partition coefficient (Wildman–Crippen LogP) is 2.65. The summed E-state index contributed by atoms with van der Waals surface area (Å²) in [5, 5.41) is 1.38. The van der Waals surface area contributed by atoms with Gasteiger partial charge in [0.2, 0.25) is 0 Å². The van der Waals surface area contributed by atoms with Crippen LogP contribution in [0.1, 0.15) is 40.1 Å². The Kier molecular flexibility index (Phi) is 5.85. The molecule has 0 unspecified atom stereocenters. The molecule has 0 atom stereocenters. The van der Waals surface area contributed by atoms with Gasteiger partial charge in [0.25, 0.3) is 5.56 Å². The second kappa shape index (κ2) is 8.30. The minimum absolute atomic E-state index is 0.123. The lowest BCUT2D eigenvalue weighted by molar-refractivity contribution is 0.0500. The zero-order valence-corrected chi connectivity index (χ0v) is 16.1. The van der Waals surface area contributed by atoms with Gasteiger partial charge in [-0.1, -0.05) is 19.1 Å². The number of H-pyrrole nitrogens is 1. The van der Waals surface area contributed by atoms with Crippen LogP contribution in [0.3, 0.4) is 0 Å². The van der Waals surface area contributed by atoms with E-state index < -0.39 is 11.7 Å². The maximum Gasteiger partial charge on any atom is 0.350 e. The molecule has 3 rings (SSSR count). The van der Waals surface area contributed by atoms with Crippen LogP contribution in [0.25, 0.3) is 10.9 Å². The molecular formula is C19H21N3O4S. The van der Waals surface area contributed by atoms with E-state index in [1.165, 1.54) is 11.3 Å². The number of esters is 1. The van der Waals surface area contributed by atoms with Crippen molar-refractivity contribution in [2.75, 3.05) is 6.61 Å². The average molecular weight is 387 g/mol. The van der Waals surface area contributed by atoms with Crippen molar-refractivity contribution in [3.05, 3.63) is 60.7 Å². The number of benzene rings is 1. The van der Waals surface area contributed by atoms with Crippen molar-refractivity contribution in [3.63, 3.8) is 0 Å². The number of nitrogens with zero attached hydrogens (tertiary/aromatic N) is 2. The van der Waals surface area contributed by atoms with Gasteiger partial charge in [-0.05, 0) is 38.3 Å². The van der Waals surface area contributed by atoms with E-state index in [2.05, 4.69) is 16.9 Å². The van der Waals surface area contributed by atoms with Gasteiger partial charge in [-0.3, -0.25) is 9.36 Å². The summed E-state index contributed by atoms with van der Waals surface area (Å²) in [5.74, 6) is -0.410. The smallest absolute Gasteiger partial charge is 0.350 e. The van der Waals surface area contributed by atoms with E-state index in [1.807, 2.05) is 0 Å². The van der Waals surface area contributed by atoms with Crippen molar-refractivity contribution in [2.24, 2.45) is 0 Å². The second-order valence-corrected chi connectivity index (χ2v) is 7.28. The van der Waals surface area contributed by atoms with Crippen LogP contribution in [0, 0.1) is 6.92 Å². The molecule has 0 saturated carbocycles. The summed E-state index contributed by atoms with van der Waals surface area (Å²) in [6.45, 7) is 4.15. The normalized spacial score (nSPS) is 11.0. The molecule has 0 radical (unpaired) electrons. The number of para-hydroxylation sites is 1. The lowest BCUT2D eigenvalue weighted by Gasteiger charge is -2.07. The van der Waals surface area contributed by atoms with E-state index in [1.54, 1.807) is 31.2 Å². The summed E-state index contributed by atoms with van der Waals surface area (Å²) in [6, 6.07) is 6.87. The van der Waals surface area contributed by atoms with E-state index in [0.717, 1.165) is 22.4 Å². The highest BCUT2D eigenvalue weighted by molar-refractivity contribution is 7.13. The molecule has 0 aliphatic heterocycles. The Hall–Kier alpha value is -2.74. The molecule has 8 heteroatoms. The minimum Gasteiger partial charge on any atom is -0.461 e. The number of fused-ring (bicyclic) bond motifs is 1. The van der Waals surface area contributed by atoms with Gasteiger partial charge in [0, 0.05) is 6.54 Å². The number of thiazole rings is 1. The number of aryl methyl sites for hydroxylation is 2. The molecule has 2 heterocycles. The number of ether oxygens (including phenoxy) is 1. The molecule has 0 saturated heterocycles. The maximum atomic E-state index is 12.4. The summed E-state index contributed by atoms with van der Waals surface area (Å²) in [6.07, 6.45) is 2.18. The fraction of sp³-hybridized carbons (Fsp3) is 0.368. The molecule has 0 spiro atoms. The minimum atomic E-state index is -0.465. The molecule has 0 aliphatic rings. The van der Waals surface area contributed by atoms with Crippen LogP contribution in [0.15, 0.2) is 33.9 Å². The molecule has 0 aliphatic carbocycles. The van der Waals surface area contributed by atoms with Crippen LogP contribution in [-0.4, -0.2) is 27.1 Å². The van der Waals surface area contributed by atoms with E-state index in [9.17, 15) is 14.4 Å². The summed E-state index contributed by atoms with van der Waals surface area (Å²) in [7, 11) is 0. The lowest BCUT2D eigenvalue weighted by atomic mass is 10.2. The monoisotopic (exact) mass is 387 g/mol. The molecule has 3 aromatic rings. The third kappa shape index (κ3) is 4.16. The quantitative estimate of drug-likeness (QED) is 0.497. The number of nitrogens with one attached hydrogen (secondary N) is 1. The zero-order valence-electron chi connectivity index (χ0n) is 15.3. The third-order valence-corrected chi connectivity index (χ3v) is 5.34. The first-order valence-corrected chi connectivity index (χ1v) is 9.68. The molecule has 0 fully saturated rings. The van der Waals surface area contributed by atoms with Gasteiger partial charge in [0.15, 0.2) is 0 Å². The fourth-order valence-corrected chi connectivity index (χ4v) is 3.88. The molecule has 0 amide bonds. The van der Waals surface area contributed by atoms with Crippen LogP contribution >= 0.6 is 11.3 Å². The molecule has 2 aromatic heterocycles. The van der Waals surface area contributed by atoms with Crippen LogP contribution in [0.5, 0.6) is 0 Å². The topological polar surface area (TPSA) is 94.0 Å². The molecule has 0 bridgehead atoms. The Morgan fingerprint density at radius 2 is 2.07 bits per heavy atom. The Labute approximate surface area is 159 Å². The van der Waals surface area contributed by atoms with Gasteiger partial charge in [0.1, 0.15) is 4.88 Å². The summed E-state index contributed by atoms with van der Waals surface area (Å²) in [4.78, 5) is 44.3. The number of aromatic amines is 1. The number of carbonyl (C=O) groups excluding carboxylic acids is 1. The first kappa shape index (κ1) is 19.0. The fourth-order valence-electron chi connectivity index (χ4n) is 2.82. The molecular weight excluding hydrogens is 366 g/mol. The Bertz CT molecular complexity index is 1080. The maximum absolute atomic E-state index is 12.4. The third-order valence-electron chi connectivity index (χ3n) is 4.14. The number of aromatic nitrogens is 3. The highest BCUT2D eigenvalue weighted by atomic mass is 32.1. The standard InChI is InChI=1S/C19H21N3O4S/c1-3-7-15-20-12(2)16(27-15)18(24)26-11-6-10-22-17(23)13-8-4-5-9-14(13)21-19(22)25/h4-5,8-9H,3,6-7,10-11H2,1-2H3,(H,21,25). The molecule has 1 N–H and O–H groups in total. The van der Waals surface area contributed by atoms with Gasteiger partial charge in [-0.2, -0.15) is 0 Å². The largest absolute Gasteiger partial charge is 0.461 e. The lowest BCUT2D eigenvalue weighted by Crippen LogP contribution is -2.35. The van der Waals surface area contributed by atoms with Gasteiger partial charge in [-0.15, -0.1) is 11.3 Å². The Balaban J connectivity index is 1.62. The van der Waals surface area contributed by atoms with Crippen molar-refractivity contribution in [1.29, 1.82) is 0 Å². The van der Waals surface area contributed by atoms with Crippen molar-refractivity contribution < 1.29 is 9.53 Å². The molecule has 7 nitrogen and oxygen atoms in total. The van der Waals surface area contributed by atoms with E-state index in [-0.39, 0.29) is 18.7 Å². The SMILES string of the molecule is CCCc1nc(C)c(C(=O)OCCCn2c(=O)[nH]c3ccccc3c2=O)s1. The first-order chi connectivity index (χ1) is 13.0. The van der Waals surface area contributed by atoms with Gasteiger partial charge in [-0.25, -0.2) is 14.6 Å². The number of rotatable bonds is 7. The van der Waals surface area contributed by atoms with Crippen molar-refractivity contribution in [1.82, 2.24) is 14.5 Å². The zero-order chi connectivity index (χ0) is 19.4.